The minimum atomic E-state index is -3.00. The predicted molar refractivity (Wildman–Crippen MR) is 96.4 cm³/mol. The lowest BCUT2D eigenvalue weighted by Crippen LogP contribution is -2.46. The van der Waals surface area contributed by atoms with Crippen LogP contribution in [0.5, 0.6) is 5.75 Å². The molecule has 2 saturated heterocycles. The van der Waals surface area contributed by atoms with Crippen molar-refractivity contribution in [1.29, 1.82) is 0 Å². The van der Waals surface area contributed by atoms with Gasteiger partial charge >= 0.3 is 0 Å². The zero-order valence-electron chi connectivity index (χ0n) is 14.6. The Hall–Kier alpha value is -2.09. The van der Waals surface area contributed by atoms with Gasteiger partial charge < -0.3 is 15.0 Å². The van der Waals surface area contributed by atoms with Crippen LogP contribution in [0.2, 0.25) is 0 Å². The van der Waals surface area contributed by atoms with Crippen molar-refractivity contribution in [1.82, 2.24) is 10.2 Å². The van der Waals surface area contributed by atoms with Gasteiger partial charge in [0.25, 0.3) is 5.91 Å². The number of carbonyl (C=O) groups is 2. The summed E-state index contributed by atoms with van der Waals surface area (Å²) < 4.78 is 28.4. The molecule has 2 amide bonds. The van der Waals surface area contributed by atoms with Gasteiger partial charge in [-0.15, -0.1) is 0 Å². The molecule has 1 atom stereocenters. The van der Waals surface area contributed by atoms with Crippen LogP contribution in [0, 0.1) is 5.92 Å². The fraction of sp³-hybridized carbons (Fsp3) is 0.556. The van der Waals surface area contributed by atoms with Crippen molar-refractivity contribution in [2.45, 2.75) is 25.3 Å². The Labute approximate surface area is 153 Å². The minimum Gasteiger partial charge on any atom is -0.484 e. The molecule has 1 aromatic rings. The number of benzene rings is 1. The van der Waals surface area contributed by atoms with Crippen LogP contribution in [0.15, 0.2) is 30.3 Å². The Balaban J connectivity index is 1.40. The summed E-state index contributed by atoms with van der Waals surface area (Å²) in [5.74, 6) is 0.479. The zero-order valence-corrected chi connectivity index (χ0v) is 15.4. The number of piperidine rings is 1. The van der Waals surface area contributed by atoms with Gasteiger partial charge in [0.15, 0.2) is 16.4 Å². The topological polar surface area (TPSA) is 92.8 Å². The van der Waals surface area contributed by atoms with Gasteiger partial charge in [0.1, 0.15) is 5.75 Å². The smallest absolute Gasteiger partial charge is 0.260 e. The Bertz CT molecular complexity index is 742. The molecule has 0 aromatic heterocycles. The van der Waals surface area contributed by atoms with E-state index in [1.165, 1.54) is 0 Å². The van der Waals surface area contributed by atoms with E-state index in [0.29, 0.717) is 38.1 Å². The van der Waals surface area contributed by atoms with Gasteiger partial charge in [0.05, 0.1) is 11.5 Å². The predicted octanol–water partition coefficient (Wildman–Crippen LogP) is 0.607. The molecule has 0 bridgehead atoms. The molecule has 3 rings (SSSR count). The molecule has 2 heterocycles. The van der Waals surface area contributed by atoms with Gasteiger partial charge in [-0.3, -0.25) is 9.59 Å². The first-order chi connectivity index (χ1) is 12.4. The Kier molecular flexibility index (Phi) is 5.80. The van der Waals surface area contributed by atoms with Gasteiger partial charge in [-0.1, -0.05) is 18.2 Å². The second-order valence-electron chi connectivity index (χ2n) is 6.87. The van der Waals surface area contributed by atoms with Crippen molar-refractivity contribution in [3.8, 4) is 5.75 Å². The lowest BCUT2D eigenvalue weighted by molar-refractivity contribution is -0.137. The maximum absolute atomic E-state index is 12.3. The third-order valence-corrected chi connectivity index (χ3v) is 6.67. The highest BCUT2D eigenvalue weighted by atomic mass is 32.2. The monoisotopic (exact) mass is 380 g/mol. The van der Waals surface area contributed by atoms with Gasteiger partial charge in [-0.05, 0) is 31.4 Å². The SMILES string of the molecule is O=C(NC1CCS(=O)(=O)C1)C1CCN(C(=O)COc2ccccc2)CC1. The first-order valence-electron chi connectivity index (χ1n) is 8.89. The van der Waals surface area contributed by atoms with Crippen molar-refractivity contribution in [2.24, 2.45) is 5.92 Å². The average molecular weight is 380 g/mol. The third kappa shape index (κ3) is 4.97. The van der Waals surface area contributed by atoms with Crippen LogP contribution in [0.4, 0.5) is 0 Å². The summed E-state index contributed by atoms with van der Waals surface area (Å²) >= 11 is 0. The number of amides is 2. The number of ether oxygens (including phenoxy) is 1. The Morgan fingerprint density at radius 3 is 2.42 bits per heavy atom. The fourth-order valence-corrected chi connectivity index (χ4v) is 5.05. The third-order valence-electron chi connectivity index (χ3n) is 4.90. The van der Waals surface area contributed by atoms with Crippen LogP contribution < -0.4 is 10.1 Å². The molecule has 0 spiro atoms. The van der Waals surface area contributed by atoms with E-state index in [2.05, 4.69) is 5.32 Å². The fourth-order valence-electron chi connectivity index (χ4n) is 3.37. The van der Waals surface area contributed by atoms with E-state index in [-0.39, 0.29) is 41.9 Å². The molecule has 8 heteroatoms. The number of sulfone groups is 1. The van der Waals surface area contributed by atoms with Gasteiger partial charge in [-0.2, -0.15) is 0 Å². The molecular formula is C18H24N2O5S. The van der Waals surface area contributed by atoms with Gasteiger partial charge in [-0.25, -0.2) is 8.42 Å². The largest absolute Gasteiger partial charge is 0.484 e. The molecule has 0 radical (unpaired) electrons. The van der Waals surface area contributed by atoms with E-state index in [0.717, 1.165) is 0 Å². The summed E-state index contributed by atoms with van der Waals surface area (Å²) in [5.41, 5.74) is 0. The summed E-state index contributed by atoms with van der Waals surface area (Å²) in [6.07, 6.45) is 1.66. The highest BCUT2D eigenvalue weighted by Gasteiger charge is 2.32. The van der Waals surface area contributed by atoms with Crippen LogP contribution in [0.25, 0.3) is 0 Å². The summed E-state index contributed by atoms with van der Waals surface area (Å²) in [4.78, 5) is 26.3. The Morgan fingerprint density at radius 2 is 1.81 bits per heavy atom. The van der Waals surface area contributed by atoms with E-state index < -0.39 is 9.84 Å². The lowest BCUT2D eigenvalue weighted by atomic mass is 9.95. The van der Waals surface area contributed by atoms with Crippen LogP contribution in [-0.4, -0.2) is 62.4 Å². The van der Waals surface area contributed by atoms with Gasteiger partial charge in [0, 0.05) is 25.0 Å². The van der Waals surface area contributed by atoms with Crippen LogP contribution in [0.1, 0.15) is 19.3 Å². The molecule has 26 heavy (non-hydrogen) atoms. The molecular weight excluding hydrogens is 356 g/mol. The van der Waals surface area contributed by atoms with E-state index in [4.69, 9.17) is 4.74 Å². The minimum absolute atomic E-state index is 0.0131. The summed E-state index contributed by atoms with van der Waals surface area (Å²) in [7, 11) is -3.00. The zero-order chi connectivity index (χ0) is 18.6. The molecule has 0 saturated carbocycles. The van der Waals surface area contributed by atoms with Crippen molar-refractivity contribution in [3.05, 3.63) is 30.3 Å². The molecule has 1 aromatic carbocycles. The number of hydrogen-bond acceptors (Lipinski definition) is 5. The second-order valence-corrected chi connectivity index (χ2v) is 9.09. The second kappa shape index (κ2) is 8.07. The number of nitrogens with zero attached hydrogens (tertiary/aromatic N) is 1. The molecule has 1 unspecified atom stereocenters. The highest BCUT2D eigenvalue weighted by molar-refractivity contribution is 7.91. The molecule has 1 N–H and O–H groups in total. The van der Waals surface area contributed by atoms with Crippen molar-refractivity contribution < 1.29 is 22.7 Å². The number of hydrogen-bond donors (Lipinski definition) is 1. The van der Waals surface area contributed by atoms with Crippen molar-refractivity contribution in [3.63, 3.8) is 0 Å². The average Bonchev–Trinajstić information content (AvgIpc) is 2.99. The molecule has 2 aliphatic rings. The van der Waals surface area contributed by atoms with Crippen molar-refractivity contribution in [2.75, 3.05) is 31.2 Å². The standard InChI is InChI=1S/C18H24N2O5S/c21-17(12-25-16-4-2-1-3-5-16)20-9-6-14(7-10-20)18(22)19-15-8-11-26(23,24)13-15/h1-5,14-15H,6-13H2,(H,19,22). The van der Waals surface area contributed by atoms with E-state index in [9.17, 15) is 18.0 Å². The maximum atomic E-state index is 12.3. The van der Waals surface area contributed by atoms with E-state index in [1.807, 2.05) is 18.2 Å². The highest BCUT2D eigenvalue weighted by Crippen LogP contribution is 2.19. The summed E-state index contributed by atoms with van der Waals surface area (Å²) in [5, 5.41) is 2.85. The van der Waals surface area contributed by atoms with Crippen LogP contribution in [0.3, 0.4) is 0 Å². The van der Waals surface area contributed by atoms with E-state index >= 15 is 0 Å². The van der Waals surface area contributed by atoms with E-state index in [1.54, 1.807) is 17.0 Å². The van der Waals surface area contributed by atoms with Crippen molar-refractivity contribution >= 4 is 21.7 Å². The summed E-state index contributed by atoms with van der Waals surface area (Å²) in [6, 6.07) is 8.90. The van der Waals surface area contributed by atoms with Crippen LogP contribution >= 0.6 is 0 Å². The molecule has 2 aliphatic heterocycles. The number of carbonyl (C=O) groups excluding carboxylic acids is 2. The Morgan fingerprint density at radius 1 is 1.12 bits per heavy atom. The number of likely N-dealkylation sites (tertiary alicyclic amines) is 1. The maximum Gasteiger partial charge on any atom is 0.260 e. The molecule has 2 fully saturated rings. The first kappa shape index (κ1) is 18.7. The summed E-state index contributed by atoms with van der Waals surface area (Å²) in [6.45, 7) is 1.01. The number of para-hydroxylation sites is 1. The lowest BCUT2D eigenvalue weighted by Gasteiger charge is -2.31. The molecule has 142 valence electrons. The quantitative estimate of drug-likeness (QED) is 0.808. The first-order valence-corrected chi connectivity index (χ1v) is 10.7. The molecule has 0 aliphatic carbocycles. The normalized spacial score (nSPS) is 22.8. The van der Waals surface area contributed by atoms with Crippen LogP contribution in [-0.2, 0) is 19.4 Å². The van der Waals surface area contributed by atoms with Gasteiger partial charge in [0.2, 0.25) is 5.91 Å². The number of nitrogens with one attached hydrogen (secondary N) is 1. The molecule has 7 nitrogen and oxygen atoms in total. The number of rotatable bonds is 5.